The Morgan fingerprint density at radius 3 is 2.54 bits per heavy atom. The van der Waals surface area contributed by atoms with Gasteiger partial charge in [0, 0.05) is 24.5 Å². The molecule has 24 heavy (non-hydrogen) atoms. The molecule has 4 nitrogen and oxygen atoms in total. The van der Waals surface area contributed by atoms with Crippen LogP contribution in [-0.4, -0.2) is 30.6 Å². The smallest absolute Gasteiger partial charge is 0.255 e. The van der Waals surface area contributed by atoms with Gasteiger partial charge in [0.2, 0.25) is 0 Å². The van der Waals surface area contributed by atoms with Crippen molar-refractivity contribution in [1.82, 2.24) is 10.6 Å². The van der Waals surface area contributed by atoms with Gasteiger partial charge in [0.25, 0.3) is 5.91 Å². The van der Waals surface area contributed by atoms with Crippen LogP contribution in [0.15, 0.2) is 18.2 Å². The van der Waals surface area contributed by atoms with Crippen LogP contribution in [0.2, 0.25) is 0 Å². The number of carbonyl (C=O) groups excluding carboxylic acids is 1. The van der Waals surface area contributed by atoms with Gasteiger partial charge in [0.15, 0.2) is 0 Å². The van der Waals surface area contributed by atoms with E-state index in [4.69, 9.17) is 4.74 Å². The fraction of sp³-hybridized carbons (Fsp3) is 0.650. The molecule has 0 spiro atoms. The summed E-state index contributed by atoms with van der Waals surface area (Å²) in [4.78, 5) is 12.7. The number of amides is 1. The van der Waals surface area contributed by atoms with Crippen molar-refractivity contribution in [3.05, 3.63) is 29.3 Å². The van der Waals surface area contributed by atoms with Crippen molar-refractivity contribution < 1.29 is 9.53 Å². The first-order valence-electron chi connectivity index (χ1n) is 9.63. The Morgan fingerprint density at radius 2 is 1.79 bits per heavy atom. The molecule has 2 saturated carbocycles. The second kappa shape index (κ2) is 7.14. The van der Waals surface area contributed by atoms with Crippen molar-refractivity contribution in [3.8, 4) is 5.75 Å². The molecule has 4 rings (SSSR count). The highest BCUT2D eigenvalue weighted by molar-refractivity contribution is 5.97. The van der Waals surface area contributed by atoms with Crippen LogP contribution in [0.25, 0.3) is 0 Å². The lowest BCUT2D eigenvalue weighted by molar-refractivity contribution is 0.0884. The number of benzene rings is 1. The fourth-order valence-corrected chi connectivity index (χ4v) is 4.26. The molecule has 130 valence electrons. The lowest BCUT2D eigenvalue weighted by atomic mass is 9.85. The highest BCUT2D eigenvalue weighted by Gasteiger charge is 2.34. The first kappa shape index (κ1) is 15.9. The molecule has 1 heterocycles. The molecule has 2 fully saturated rings. The predicted molar refractivity (Wildman–Crippen MR) is 94.5 cm³/mol. The number of hydrogen-bond acceptors (Lipinski definition) is 3. The van der Waals surface area contributed by atoms with Gasteiger partial charge in [0.1, 0.15) is 5.75 Å². The number of carbonyl (C=O) groups is 1. The van der Waals surface area contributed by atoms with Crippen molar-refractivity contribution in [3.63, 3.8) is 0 Å². The summed E-state index contributed by atoms with van der Waals surface area (Å²) >= 11 is 0. The number of nitrogens with one attached hydrogen (secondary N) is 2. The third-order valence-corrected chi connectivity index (χ3v) is 5.85. The van der Waals surface area contributed by atoms with Gasteiger partial charge in [-0.05, 0) is 37.3 Å². The third-order valence-electron chi connectivity index (χ3n) is 5.85. The van der Waals surface area contributed by atoms with E-state index in [9.17, 15) is 4.79 Å². The molecule has 1 aromatic carbocycles. The number of ether oxygens (including phenoxy) is 1. The molecule has 0 unspecified atom stereocenters. The van der Waals surface area contributed by atoms with E-state index in [-0.39, 0.29) is 11.9 Å². The van der Waals surface area contributed by atoms with E-state index in [1.54, 1.807) is 0 Å². The minimum Gasteiger partial charge on any atom is -0.492 e. The summed E-state index contributed by atoms with van der Waals surface area (Å²) in [6.07, 6.45) is 11.2. The van der Waals surface area contributed by atoms with Gasteiger partial charge in [-0.25, -0.2) is 0 Å². The van der Waals surface area contributed by atoms with Crippen molar-refractivity contribution in [2.75, 3.05) is 6.61 Å². The molecular formula is C20H28N2O2. The molecule has 1 amide bonds. The molecule has 1 aliphatic heterocycles. The van der Waals surface area contributed by atoms with Gasteiger partial charge in [-0.2, -0.15) is 0 Å². The van der Waals surface area contributed by atoms with Gasteiger partial charge in [-0.15, -0.1) is 0 Å². The second-order valence-electron chi connectivity index (χ2n) is 7.51. The third kappa shape index (κ3) is 3.30. The predicted octanol–water partition coefficient (Wildman–Crippen LogP) is 3.19. The number of fused-ring (bicyclic) bond motifs is 1. The molecule has 0 aromatic heterocycles. The molecule has 0 saturated heterocycles. The maximum atomic E-state index is 12.7. The van der Waals surface area contributed by atoms with E-state index in [1.807, 2.05) is 12.1 Å². The molecule has 2 atom stereocenters. The molecule has 0 radical (unpaired) electrons. The Bertz CT molecular complexity index is 593. The van der Waals surface area contributed by atoms with E-state index in [0.717, 1.165) is 24.2 Å². The number of para-hydroxylation sites is 1. The van der Waals surface area contributed by atoms with Crippen LogP contribution in [0.1, 0.15) is 67.3 Å². The summed E-state index contributed by atoms with van der Waals surface area (Å²) in [5.41, 5.74) is 1.86. The number of rotatable bonds is 4. The Hall–Kier alpha value is -1.55. The summed E-state index contributed by atoms with van der Waals surface area (Å²) in [7, 11) is 0. The summed E-state index contributed by atoms with van der Waals surface area (Å²) in [5, 5.41) is 7.04. The second-order valence-corrected chi connectivity index (χ2v) is 7.51. The van der Waals surface area contributed by atoms with Crippen LogP contribution in [0.4, 0.5) is 0 Å². The van der Waals surface area contributed by atoms with Gasteiger partial charge < -0.3 is 15.4 Å². The topological polar surface area (TPSA) is 50.4 Å². The van der Waals surface area contributed by atoms with E-state index >= 15 is 0 Å². The largest absolute Gasteiger partial charge is 0.492 e. The molecule has 2 N–H and O–H groups in total. The zero-order chi connectivity index (χ0) is 16.4. The van der Waals surface area contributed by atoms with Crippen LogP contribution in [0, 0.1) is 0 Å². The van der Waals surface area contributed by atoms with Gasteiger partial charge in [-0.1, -0.05) is 37.8 Å². The maximum absolute atomic E-state index is 12.7. The van der Waals surface area contributed by atoms with Crippen molar-refractivity contribution in [2.45, 2.75) is 75.9 Å². The van der Waals surface area contributed by atoms with E-state index < -0.39 is 0 Å². The average Bonchev–Trinajstić information content (AvgIpc) is 2.92. The van der Waals surface area contributed by atoms with E-state index in [1.165, 1.54) is 44.9 Å². The quantitative estimate of drug-likeness (QED) is 0.835. The van der Waals surface area contributed by atoms with E-state index in [2.05, 4.69) is 16.7 Å². The van der Waals surface area contributed by atoms with E-state index in [0.29, 0.717) is 24.3 Å². The monoisotopic (exact) mass is 328 g/mol. The molecule has 3 aliphatic rings. The fourth-order valence-electron chi connectivity index (χ4n) is 4.26. The Balaban J connectivity index is 1.35. The van der Waals surface area contributed by atoms with Gasteiger partial charge in [0.05, 0.1) is 12.2 Å². The minimum atomic E-state index is 0.0196. The first-order chi connectivity index (χ1) is 11.8. The molecule has 2 aliphatic carbocycles. The van der Waals surface area contributed by atoms with Crippen molar-refractivity contribution in [1.29, 1.82) is 0 Å². The lowest BCUT2D eigenvalue weighted by Gasteiger charge is -2.40. The van der Waals surface area contributed by atoms with Crippen LogP contribution < -0.4 is 15.4 Å². The highest BCUT2D eigenvalue weighted by Crippen LogP contribution is 2.30. The summed E-state index contributed by atoms with van der Waals surface area (Å²) < 4.78 is 5.67. The molecule has 4 heteroatoms. The van der Waals surface area contributed by atoms with Crippen LogP contribution >= 0.6 is 0 Å². The number of hydrogen-bond donors (Lipinski definition) is 2. The zero-order valence-electron chi connectivity index (χ0n) is 14.4. The minimum absolute atomic E-state index is 0.0196. The van der Waals surface area contributed by atoms with Crippen molar-refractivity contribution >= 4 is 5.91 Å². The Kier molecular flexibility index (Phi) is 4.74. The SMILES string of the molecule is O=C(N[C@H]1CC[C@H]1NC1CCCCCC1)c1cccc2c1OCC2. The molecule has 0 bridgehead atoms. The highest BCUT2D eigenvalue weighted by atomic mass is 16.5. The Morgan fingerprint density at radius 1 is 1.00 bits per heavy atom. The summed E-state index contributed by atoms with van der Waals surface area (Å²) in [5.74, 6) is 0.814. The van der Waals surface area contributed by atoms with Gasteiger partial charge in [-0.3, -0.25) is 4.79 Å². The summed E-state index contributed by atoms with van der Waals surface area (Å²) in [6, 6.07) is 7.24. The van der Waals surface area contributed by atoms with Crippen LogP contribution in [0.3, 0.4) is 0 Å². The van der Waals surface area contributed by atoms with Crippen LogP contribution in [-0.2, 0) is 6.42 Å². The first-order valence-corrected chi connectivity index (χ1v) is 9.63. The molecule has 1 aromatic rings. The Labute approximate surface area is 144 Å². The summed E-state index contributed by atoms with van der Waals surface area (Å²) in [6.45, 7) is 0.689. The molecular weight excluding hydrogens is 300 g/mol. The zero-order valence-corrected chi connectivity index (χ0v) is 14.4. The van der Waals surface area contributed by atoms with Crippen molar-refractivity contribution in [2.24, 2.45) is 0 Å². The standard InChI is InChI=1S/C20H28N2O2/c23-20(16-9-5-6-14-12-13-24-19(14)16)22-18-11-10-17(18)21-15-7-3-1-2-4-8-15/h5-6,9,15,17-18,21H,1-4,7-8,10-13H2,(H,22,23)/t17-,18+/m1/s1. The lowest BCUT2D eigenvalue weighted by Crippen LogP contribution is -2.58. The van der Waals surface area contributed by atoms with Gasteiger partial charge >= 0.3 is 0 Å². The average molecular weight is 328 g/mol. The maximum Gasteiger partial charge on any atom is 0.255 e. The van der Waals surface area contributed by atoms with Crippen LogP contribution in [0.5, 0.6) is 5.75 Å². The normalized spacial score (nSPS) is 26.8.